The molecule has 1 aromatic carbocycles. The number of isocyanates is 1. The van der Waals surface area contributed by atoms with E-state index >= 15 is 0 Å². The van der Waals surface area contributed by atoms with Gasteiger partial charge in [-0.15, -0.1) is 0 Å². The number of aliphatic imine (C=N–C) groups is 1. The van der Waals surface area contributed by atoms with E-state index in [0.29, 0.717) is 5.92 Å². The predicted molar refractivity (Wildman–Crippen MR) is 81.1 cm³/mol. The van der Waals surface area contributed by atoms with Crippen molar-refractivity contribution >= 4 is 22.0 Å². The smallest absolute Gasteiger partial charge is 0.211 e. The zero-order valence-electron chi connectivity index (χ0n) is 11.6. The molecule has 0 spiro atoms. The number of halogens is 1. The topological polar surface area (TPSA) is 29.4 Å². The molecule has 0 saturated heterocycles. The van der Waals surface area contributed by atoms with Crippen LogP contribution in [-0.2, 0) is 10.3 Å². The molecule has 0 aromatic heterocycles. The fourth-order valence-corrected chi connectivity index (χ4v) is 3.64. The molecule has 3 heteroatoms. The first-order chi connectivity index (χ1) is 9.16. The second-order valence-corrected chi connectivity index (χ2v) is 6.19. The van der Waals surface area contributed by atoms with Gasteiger partial charge < -0.3 is 0 Å². The summed E-state index contributed by atoms with van der Waals surface area (Å²) >= 11 is 3.69. The third kappa shape index (κ3) is 2.68. The largest absolute Gasteiger partial charge is 0.235 e. The van der Waals surface area contributed by atoms with E-state index in [1.165, 1.54) is 5.56 Å². The Bertz CT molecular complexity index is 497. The van der Waals surface area contributed by atoms with Crippen LogP contribution in [0.1, 0.15) is 63.0 Å². The van der Waals surface area contributed by atoms with Crippen LogP contribution in [0, 0.1) is 0 Å². The zero-order valence-corrected chi connectivity index (χ0v) is 13.2. The summed E-state index contributed by atoms with van der Waals surface area (Å²) in [6, 6.07) is 6.48. The second-order valence-electron chi connectivity index (χ2n) is 5.34. The summed E-state index contributed by atoms with van der Waals surface area (Å²) in [5, 5.41) is 0. The number of benzene rings is 1. The van der Waals surface area contributed by atoms with Crippen molar-refractivity contribution in [1.82, 2.24) is 0 Å². The molecular formula is C16H20BrNO. The highest BCUT2D eigenvalue weighted by Crippen LogP contribution is 2.46. The van der Waals surface area contributed by atoms with E-state index in [1.807, 2.05) is 0 Å². The van der Waals surface area contributed by atoms with E-state index < -0.39 is 0 Å². The maximum atomic E-state index is 10.6. The first-order valence-corrected chi connectivity index (χ1v) is 7.85. The van der Waals surface area contributed by atoms with Gasteiger partial charge in [0.2, 0.25) is 6.08 Å². The normalized spacial score (nSPS) is 16.8. The molecule has 102 valence electrons. The molecule has 1 aliphatic rings. The second kappa shape index (κ2) is 6.02. The molecule has 0 bridgehead atoms. The van der Waals surface area contributed by atoms with Gasteiger partial charge in [-0.1, -0.05) is 41.9 Å². The van der Waals surface area contributed by atoms with Gasteiger partial charge in [-0.2, -0.15) is 4.99 Å². The molecule has 0 heterocycles. The monoisotopic (exact) mass is 321 g/mol. The Kier molecular flexibility index (Phi) is 4.59. The van der Waals surface area contributed by atoms with Crippen molar-refractivity contribution in [2.45, 2.75) is 57.4 Å². The van der Waals surface area contributed by atoms with Gasteiger partial charge in [-0.25, -0.2) is 4.79 Å². The molecule has 2 rings (SSSR count). The highest BCUT2D eigenvalue weighted by atomic mass is 79.9. The Balaban J connectivity index is 2.35. The minimum absolute atomic E-state index is 0.295. The number of hydrogen-bond acceptors (Lipinski definition) is 2. The maximum Gasteiger partial charge on any atom is 0.235 e. The number of rotatable bonds is 5. The van der Waals surface area contributed by atoms with Crippen LogP contribution in [0.3, 0.4) is 0 Å². The third-order valence-electron chi connectivity index (χ3n) is 4.40. The summed E-state index contributed by atoms with van der Waals surface area (Å²) < 4.78 is 1.14. The average Bonchev–Trinajstić information content (AvgIpc) is 2.37. The molecule has 19 heavy (non-hydrogen) atoms. The van der Waals surface area contributed by atoms with Crippen molar-refractivity contribution < 1.29 is 4.79 Å². The number of carbonyl (C=O) groups excluding carboxylic acids is 1. The van der Waals surface area contributed by atoms with Gasteiger partial charge in [0, 0.05) is 4.47 Å². The number of hydrogen-bond donors (Lipinski definition) is 0. The molecule has 1 fully saturated rings. The lowest BCUT2D eigenvalue weighted by atomic mass is 9.72. The minimum Gasteiger partial charge on any atom is -0.211 e. The van der Waals surface area contributed by atoms with Crippen LogP contribution in [0.2, 0.25) is 0 Å². The van der Waals surface area contributed by atoms with Crippen molar-refractivity contribution in [2.75, 3.05) is 0 Å². The van der Waals surface area contributed by atoms with E-state index in [4.69, 9.17) is 0 Å². The van der Waals surface area contributed by atoms with Gasteiger partial charge in [0.1, 0.15) is 0 Å². The lowest BCUT2D eigenvalue weighted by molar-refractivity contribution is 0.256. The first-order valence-electron chi connectivity index (χ1n) is 7.05. The van der Waals surface area contributed by atoms with Gasteiger partial charge in [0.05, 0.1) is 5.54 Å². The SMILES string of the molecule is CCC(CC)c1ccc(C2(N=C=O)CCC2)cc1Br. The van der Waals surface area contributed by atoms with Gasteiger partial charge >= 0.3 is 0 Å². The van der Waals surface area contributed by atoms with Crippen LogP contribution >= 0.6 is 15.9 Å². The number of nitrogens with zero attached hydrogens (tertiary/aromatic N) is 1. The Morgan fingerprint density at radius 2 is 2.05 bits per heavy atom. The zero-order chi connectivity index (χ0) is 13.9. The van der Waals surface area contributed by atoms with Crippen LogP contribution in [-0.4, -0.2) is 6.08 Å². The summed E-state index contributed by atoms with van der Waals surface area (Å²) in [7, 11) is 0. The molecule has 0 N–H and O–H groups in total. The van der Waals surface area contributed by atoms with E-state index in [1.54, 1.807) is 6.08 Å². The highest BCUT2D eigenvalue weighted by Gasteiger charge is 2.39. The Labute approximate surface area is 123 Å². The summed E-state index contributed by atoms with van der Waals surface area (Å²) in [6.45, 7) is 4.44. The molecule has 0 unspecified atom stereocenters. The molecule has 0 aliphatic heterocycles. The lowest BCUT2D eigenvalue weighted by Crippen LogP contribution is -2.31. The summed E-state index contributed by atoms with van der Waals surface area (Å²) in [4.78, 5) is 14.7. The van der Waals surface area contributed by atoms with Crippen molar-refractivity contribution in [2.24, 2.45) is 4.99 Å². The Morgan fingerprint density at radius 3 is 2.47 bits per heavy atom. The molecule has 2 nitrogen and oxygen atoms in total. The van der Waals surface area contributed by atoms with Gasteiger partial charge in [0.25, 0.3) is 0 Å². The van der Waals surface area contributed by atoms with Crippen LogP contribution < -0.4 is 0 Å². The minimum atomic E-state index is -0.295. The molecule has 0 radical (unpaired) electrons. The fourth-order valence-electron chi connectivity index (χ4n) is 2.94. The quantitative estimate of drug-likeness (QED) is 0.550. The summed E-state index contributed by atoms with van der Waals surface area (Å²) in [6.07, 6.45) is 7.09. The van der Waals surface area contributed by atoms with Crippen molar-refractivity contribution in [3.05, 3.63) is 33.8 Å². The standard InChI is InChI=1S/C16H20BrNO/c1-3-12(4-2)14-7-6-13(10-15(14)17)16(18-11-19)8-5-9-16/h6-7,10,12H,3-5,8-9H2,1-2H3. The van der Waals surface area contributed by atoms with Crippen molar-refractivity contribution in [3.8, 4) is 0 Å². The Morgan fingerprint density at radius 1 is 1.37 bits per heavy atom. The third-order valence-corrected chi connectivity index (χ3v) is 5.09. The van der Waals surface area contributed by atoms with E-state index in [2.05, 4.69) is 53.0 Å². The Hall–Kier alpha value is -0.920. The fraction of sp³-hybridized carbons (Fsp3) is 0.562. The summed E-state index contributed by atoms with van der Waals surface area (Å²) in [5.41, 5.74) is 2.21. The van der Waals surface area contributed by atoms with E-state index in [0.717, 1.165) is 42.1 Å². The molecule has 1 aliphatic carbocycles. The van der Waals surface area contributed by atoms with Gasteiger partial charge in [-0.05, 0) is 55.2 Å². The van der Waals surface area contributed by atoms with E-state index in [-0.39, 0.29) is 5.54 Å². The van der Waals surface area contributed by atoms with Gasteiger partial charge in [-0.3, -0.25) is 0 Å². The van der Waals surface area contributed by atoms with Crippen molar-refractivity contribution in [3.63, 3.8) is 0 Å². The van der Waals surface area contributed by atoms with Gasteiger partial charge in [0.15, 0.2) is 0 Å². The molecule has 0 amide bonds. The molecule has 0 atom stereocenters. The van der Waals surface area contributed by atoms with Crippen molar-refractivity contribution in [1.29, 1.82) is 0 Å². The van der Waals surface area contributed by atoms with Crippen LogP contribution in [0.25, 0.3) is 0 Å². The van der Waals surface area contributed by atoms with Crippen LogP contribution in [0.4, 0.5) is 0 Å². The highest BCUT2D eigenvalue weighted by molar-refractivity contribution is 9.10. The maximum absolute atomic E-state index is 10.6. The first kappa shape index (κ1) is 14.5. The average molecular weight is 322 g/mol. The lowest BCUT2D eigenvalue weighted by Gasteiger charge is -2.37. The molecular weight excluding hydrogens is 302 g/mol. The predicted octanol–water partition coefficient (Wildman–Crippen LogP) is 5.07. The summed E-state index contributed by atoms with van der Waals surface area (Å²) in [5.74, 6) is 0.593. The molecule has 1 saturated carbocycles. The molecule has 1 aromatic rings. The van der Waals surface area contributed by atoms with Crippen LogP contribution in [0.15, 0.2) is 27.7 Å². The van der Waals surface area contributed by atoms with E-state index in [9.17, 15) is 4.79 Å². The van der Waals surface area contributed by atoms with Crippen LogP contribution in [0.5, 0.6) is 0 Å².